The van der Waals surface area contributed by atoms with Gasteiger partial charge in [0.25, 0.3) is 5.91 Å². The third-order valence-corrected chi connectivity index (χ3v) is 3.68. The number of likely N-dealkylation sites (N-methyl/N-ethyl adjacent to an activating group) is 1. The molecule has 0 atom stereocenters. The predicted octanol–water partition coefficient (Wildman–Crippen LogP) is 2.65. The first-order valence-electron chi connectivity index (χ1n) is 8.29. The Bertz CT molecular complexity index is 894. The average Bonchev–Trinajstić information content (AvgIpc) is 2.70. The zero-order chi connectivity index (χ0) is 19.5. The van der Waals surface area contributed by atoms with Crippen LogP contribution in [0, 0.1) is 18.8 Å². The van der Waals surface area contributed by atoms with Gasteiger partial charge in [0, 0.05) is 23.7 Å². The van der Waals surface area contributed by atoms with E-state index in [1.165, 1.54) is 20.4 Å². The number of hydrogen-bond donors (Lipinski definition) is 1. The summed E-state index contributed by atoms with van der Waals surface area (Å²) in [6.07, 6.45) is 1.40. The molecule has 138 valence electrons. The number of carbonyl (C=O) groups excluding carboxylic acids is 1. The summed E-state index contributed by atoms with van der Waals surface area (Å²) in [7, 11) is 2.93. The maximum atomic E-state index is 12.1. The van der Waals surface area contributed by atoms with Crippen molar-refractivity contribution in [2.24, 2.45) is 10.3 Å². The van der Waals surface area contributed by atoms with Gasteiger partial charge in [-0.15, -0.1) is 0 Å². The monoisotopic (exact) mass is 363 g/mol. The van der Waals surface area contributed by atoms with Crippen molar-refractivity contribution in [1.29, 1.82) is 0 Å². The number of benzene rings is 2. The van der Waals surface area contributed by atoms with Crippen molar-refractivity contribution >= 4 is 17.8 Å². The van der Waals surface area contributed by atoms with E-state index in [1.807, 2.05) is 49.4 Å². The molecule has 0 saturated carbocycles. The lowest BCUT2D eigenvalue weighted by Crippen LogP contribution is -2.29. The zero-order valence-corrected chi connectivity index (χ0v) is 15.5. The maximum absolute atomic E-state index is 12.1. The smallest absolute Gasteiger partial charge is 0.273 e. The van der Waals surface area contributed by atoms with E-state index in [-0.39, 0.29) is 18.2 Å². The van der Waals surface area contributed by atoms with E-state index in [0.717, 1.165) is 16.7 Å². The standard InChI is InChI=1S/C21H21N3O3/c1-16-9-7-13-18(20(24-26-3)21(25)22-2)19(16)15-27-23-14-8-12-17-10-5-4-6-11-17/h4-7,9-11,13-14H,15H2,1-3H3,(H,22,25)/b23-14+,24-20+. The number of oxime groups is 2. The summed E-state index contributed by atoms with van der Waals surface area (Å²) >= 11 is 0. The zero-order valence-electron chi connectivity index (χ0n) is 15.5. The molecule has 6 nitrogen and oxygen atoms in total. The van der Waals surface area contributed by atoms with E-state index >= 15 is 0 Å². The fourth-order valence-corrected chi connectivity index (χ4v) is 2.34. The first kappa shape index (κ1) is 19.7. The minimum atomic E-state index is -0.346. The summed E-state index contributed by atoms with van der Waals surface area (Å²) < 4.78 is 0. The summed E-state index contributed by atoms with van der Waals surface area (Å²) in [5.74, 6) is 5.42. The molecular weight excluding hydrogens is 342 g/mol. The molecule has 0 unspecified atom stereocenters. The van der Waals surface area contributed by atoms with Gasteiger partial charge in [-0.2, -0.15) is 0 Å². The van der Waals surface area contributed by atoms with Crippen LogP contribution in [0.25, 0.3) is 0 Å². The van der Waals surface area contributed by atoms with Crippen molar-refractivity contribution in [2.45, 2.75) is 13.5 Å². The second-order valence-electron chi connectivity index (χ2n) is 5.45. The van der Waals surface area contributed by atoms with Crippen molar-refractivity contribution in [3.8, 4) is 11.8 Å². The van der Waals surface area contributed by atoms with Gasteiger partial charge in [0.05, 0.1) is 0 Å². The van der Waals surface area contributed by atoms with Crippen LogP contribution in [0.15, 0.2) is 58.8 Å². The molecule has 0 aromatic heterocycles. The highest BCUT2D eigenvalue weighted by molar-refractivity contribution is 6.45. The second-order valence-corrected chi connectivity index (χ2v) is 5.45. The van der Waals surface area contributed by atoms with E-state index in [2.05, 4.69) is 27.5 Å². The van der Waals surface area contributed by atoms with Crippen LogP contribution in [0.5, 0.6) is 0 Å². The Balaban J connectivity index is 2.12. The third kappa shape index (κ3) is 5.72. The lowest BCUT2D eigenvalue weighted by Gasteiger charge is -2.12. The Morgan fingerprint density at radius 1 is 1.19 bits per heavy atom. The molecule has 0 bridgehead atoms. The summed E-state index contributed by atoms with van der Waals surface area (Å²) in [5, 5.41) is 10.3. The van der Waals surface area contributed by atoms with Gasteiger partial charge in [0.1, 0.15) is 19.9 Å². The maximum Gasteiger partial charge on any atom is 0.273 e. The molecule has 2 aromatic rings. The van der Waals surface area contributed by atoms with Crippen LogP contribution in [-0.2, 0) is 21.1 Å². The highest BCUT2D eigenvalue weighted by atomic mass is 16.6. The molecule has 0 saturated heterocycles. The van der Waals surface area contributed by atoms with Crippen molar-refractivity contribution in [3.63, 3.8) is 0 Å². The van der Waals surface area contributed by atoms with E-state index in [4.69, 9.17) is 9.68 Å². The van der Waals surface area contributed by atoms with Crippen molar-refractivity contribution in [3.05, 3.63) is 70.8 Å². The molecule has 0 aliphatic heterocycles. The van der Waals surface area contributed by atoms with Gasteiger partial charge < -0.3 is 15.0 Å². The van der Waals surface area contributed by atoms with E-state index in [1.54, 1.807) is 6.07 Å². The molecule has 0 radical (unpaired) electrons. The molecule has 0 heterocycles. The number of nitrogens with one attached hydrogen (secondary N) is 1. The lowest BCUT2D eigenvalue weighted by atomic mass is 9.98. The number of hydrogen-bond acceptors (Lipinski definition) is 5. The van der Waals surface area contributed by atoms with Crippen LogP contribution >= 0.6 is 0 Å². The lowest BCUT2D eigenvalue weighted by molar-refractivity contribution is -0.114. The van der Waals surface area contributed by atoms with Gasteiger partial charge in [-0.1, -0.05) is 52.6 Å². The van der Waals surface area contributed by atoms with Crippen LogP contribution < -0.4 is 5.32 Å². The predicted molar refractivity (Wildman–Crippen MR) is 105 cm³/mol. The Kier molecular flexibility index (Phi) is 7.61. The third-order valence-electron chi connectivity index (χ3n) is 3.68. The van der Waals surface area contributed by atoms with Gasteiger partial charge in [-0.25, -0.2) is 0 Å². The molecule has 0 fully saturated rings. The quantitative estimate of drug-likeness (QED) is 0.487. The van der Waals surface area contributed by atoms with Crippen molar-refractivity contribution in [1.82, 2.24) is 5.32 Å². The Morgan fingerprint density at radius 3 is 2.67 bits per heavy atom. The highest BCUT2D eigenvalue weighted by Gasteiger charge is 2.18. The van der Waals surface area contributed by atoms with Crippen LogP contribution in [0.2, 0.25) is 0 Å². The van der Waals surface area contributed by atoms with E-state index < -0.39 is 0 Å². The van der Waals surface area contributed by atoms with E-state index in [0.29, 0.717) is 5.56 Å². The van der Waals surface area contributed by atoms with Crippen molar-refractivity contribution < 1.29 is 14.5 Å². The molecule has 2 aromatic carbocycles. The number of aryl methyl sites for hydroxylation is 1. The number of nitrogens with zero attached hydrogens (tertiary/aromatic N) is 2. The fourth-order valence-electron chi connectivity index (χ4n) is 2.34. The Labute approximate surface area is 158 Å². The van der Waals surface area contributed by atoms with Crippen LogP contribution in [-0.4, -0.2) is 32.0 Å². The minimum Gasteiger partial charge on any atom is -0.398 e. The van der Waals surface area contributed by atoms with Gasteiger partial charge in [-0.3, -0.25) is 4.79 Å². The number of rotatable bonds is 6. The molecule has 0 aliphatic carbocycles. The molecule has 1 N–H and O–H groups in total. The van der Waals surface area contributed by atoms with Crippen molar-refractivity contribution in [2.75, 3.05) is 14.2 Å². The summed E-state index contributed by atoms with van der Waals surface area (Å²) in [4.78, 5) is 22.3. The van der Waals surface area contributed by atoms with Gasteiger partial charge in [-0.05, 0) is 30.5 Å². The normalized spacial score (nSPS) is 10.9. The largest absolute Gasteiger partial charge is 0.398 e. The highest BCUT2D eigenvalue weighted by Crippen LogP contribution is 2.17. The van der Waals surface area contributed by atoms with Crippen LogP contribution in [0.1, 0.15) is 22.3 Å². The second kappa shape index (κ2) is 10.4. The summed E-state index contributed by atoms with van der Waals surface area (Å²) in [6.45, 7) is 2.10. The summed E-state index contributed by atoms with van der Waals surface area (Å²) in [6, 6.07) is 15.2. The SMILES string of the molecule is CNC(=O)/C(=N/OC)c1cccc(C)c1CO/N=C/C#Cc1ccccc1. The first-order chi connectivity index (χ1) is 13.2. The molecule has 6 heteroatoms. The molecule has 2 rings (SSSR count). The minimum absolute atomic E-state index is 0.172. The van der Waals surface area contributed by atoms with Crippen LogP contribution in [0.3, 0.4) is 0 Å². The molecule has 0 aliphatic rings. The van der Waals surface area contributed by atoms with Gasteiger partial charge in [0.15, 0.2) is 5.71 Å². The van der Waals surface area contributed by atoms with Gasteiger partial charge in [0.2, 0.25) is 0 Å². The number of carbonyl (C=O) groups is 1. The summed E-state index contributed by atoms with van der Waals surface area (Å²) in [5.41, 5.74) is 3.45. The topological polar surface area (TPSA) is 72.3 Å². The average molecular weight is 363 g/mol. The van der Waals surface area contributed by atoms with Gasteiger partial charge >= 0.3 is 0 Å². The molecule has 27 heavy (non-hydrogen) atoms. The fraction of sp³-hybridized carbons (Fsp3) is 0.190. The Morgan fingerprint density at radius 2 is 1.96 bits per heavy atom. The van der Waals surface area contributed by atoms with Crippen LogP contribution in [0.4, 0.5) is 0 Å². The Hall–Kier alpha value is -3.59. The molecule has 0 spiro atoms. The van der Waals surface area contributed by atoms with E-state index in [9.17, 15) is 4.79 Å². The first-order valence-corrected chi connectivity index (χ1v) is 8.29. The number of amides is 1. The molecular formula is C21H21N3O3. The molecule has 1 amide bonds.